The summed E-state index contributed by atoms with van der Waals surface area (Å²) in [7, 11) is 1.51. The normalized spacial score (nSPS) is 30.7. The first kappa shape index (κ1) is 21.7. The van der Waals surface area contributed by atoms with Gasteiger partial charge in [-0.1, -0.05) is 37.6 Å². The van der Waals surface area contributed by atoms with Crippen LogP contribution in [0, 0.1) is 22.7 Å². The van der Waals surface area contributed by atoms with Crippen molar-refractivity contribution in [1.29, 1.82) is 0 Å². The van der Waals surface area contributed by atoms with Gasteiger partial charge >= 0.3 is 5.97 Å². The Morgan fingerprint density at radius 2 is 1.84 bits per heavy atom. The average Bonchev–Trinajstić information content (AvgIpc) is 2.75. The van der Waals surface area contributed by atoms with Gasteiger partial charge in [0, 0.05) is 10.8 Å². The van der Waals surface area contributed by atoms with Crippen LogP contribution in [-0.4, -0.2) is 23.3 Å². The maximum Gasteiger partial charge on any atom is 0.311 e. The number of hydrogen-bond donors (Lipinski definition) is 2. The molecule has 2 aromatic rings. The van der Waals surface area contributed by atoms with Gasteiger partial charge in [-0.2, -0.15) is 0 Å². The fourth-order valence-corrected chi connectivity index (χ4v) is 6.79. The zero-order chi connectivity index (χ0) is 22.4. The second-order valence-corrected chi connectivity index (χ2v) is 10.1. The molecule has 0 spiro atoms. The van der Waals surface area contributed by atoms with Crippen molar-refractivity contribution in [3.63, 3.8) is 0 Å². The summed E-state index contributed by atoms with van der Waals surface area (Å²) in [5.41, 5.74) is 2.05. The Bertz CT molecular complexity index is 1030. The molecule has 2 aromatic carbocycles. The second-order valence-electron chi connectivity index (χ2n) is 10.1. The summed E-state index contributed by atoms with van der Waals surface area (Å²) >= 11 is 0. The van der Waals surface area contributed by atoms with E-state index in [1.807, 2.05) is 18.2 Å². The van der Waals surface area contributed by atoms with E-state index in [4.69, 9.17) is 4.74 Å². The monoisotopic (exact) mass is 422 g/mol. The van der Waals surface area contributed by atoms with Gasteiger partial charge in [-0.05, 0) is 86.5 Å². The lowest BCUT2D eigenvalue weighted by Gasteiger charge is -2.57. The summed E-state index contributed by atoms with van der Waals surface area (Å²) in [5, 5.41) is 21.7. The number of carbonyl (C=O) groups is 1. The van der Waals surface area contributed by atoms with E-state index in [0.29, 0.717) is 22.6 Å². The molecule has 0 radical (unpaired) electrons. The van der Waals surface area contributed by atoms with Crippen molar-refractivity contribution in [2.45, 2.75) is 58.8 Å². The Morgan fingerprint density at radius 1 is 1.13 bits per heavy atom. The average molecular weight is 423 g/mol. The number of esters is 1. The first-order valence-electron chi connectivity index (χ1n) is 11.4. The number of rotatable bonds is 4. The van der Waals surface area contributed by atoms with Crippen LogP contribution >= 0.6 is 0 Å². The van der Waals surface area contributed by atoms with E-state index in [1.165, 1.54) is 24.8 Å². The van der Waals surface area contributed by atoms with Gasteiger partial charge in [0.1, 0.15) is 11.5 Å². The van der Waals surface area contributed by atoms with Crippen LogP contribution in [0.15, 0.2) is 42.5 Å². The summed E-state index contributed by atoms with van der Waals surface area (Å²) in [6.45, 7) is 8.90. The van der Waals surface area contributed by atoms with Crippen molar-refractivity contribution < 1.29 is 19.7 Å². The molecule has 4 nitrogen and oxygen atoms in total. The largest absolute Gasteiger partial charge is 0.507 e. The van der Waals surface area contributed by atoms with Crippen LogP contribution in [-0.2, 0) is 16.0 Å². The molecule has 2 aliphatic carbocycles. The number of fused-ring (bicyclic) bond motifs is 2. The number of aryl methyl sites for hydroxylation is 1. The third kappa shape index (κ3) is 3.50. The molecule has 0 aromatic heterocycles. The Morgan fingerprint density at radius 3 is 2.55 bits per heavy atom. The Balaban J connectivity index is 1.60. The van der Waals surface area contributed by atoms with Gasteiger partial charge in [-0.3, -0.25) is 4.79 Å². The standard InChI is InChI=1S/C27H34O4/c1-17-6-13-24-26(2,14-5-15-27(24,3)25(30)31-4)21(17)10-8-18-7-9-19-20(16-18)23(29)12-11-22(19)28/h7,9,11-12,16,21,24,28-29H,1,5-6,8,10,13-15H2,2-4H3/t21-,24+,26+,27-/m0/s1. The van der Waals surface area contributed by atoms with Crippen molar-refractivity contribution in [2.24, 2.45) is 22.7 Å². The van der Waals surface area contributed by atoms with Gasteiger partial charge in [0.2, 0.25) is 0 Å². The SMILES string of the molecule is C=C1CC[C@@H]2[C@](C)(CCC[C@]2(C)C(=O)OC)[C@H]1CCc1ccc2c(O)ccc(O)c2c1. The van der Waals surface area contributed by atoms with Gasteiger partial charge in [0.05, 0.1) is 12.5 Å². The highest BCUT2D eigenvalue weighted by Gasteiger charge is 2.57. The number of phenols is 2. The van der Waals surface area contributed by atoms with E-state index < -0.39 is 5.41 Å². The topological polar surface area (TPSA) is 66.8 Å². The summed E-state index contributed by atoms with van der Waals surface area (Å²) in [5.74, 6) is 0.947. The van der Waals surface area contributed by atoms with Crippen LogP contribution < -0.4 is 0 Å². The molecule has 4 atom stereocenters. The molecule has 166 valence electrons. The summed E-state index contributed by atoms with van der Waals surface area (Å²) in [6.07, 6.45) is 6.84. The molecule has 0 aliphatic heterocycles. The highest BCUT2D eigenvalue weighted by molar-refractivity contribution is 5.93. The first-order chi connectivity index (χ1) is 14.7. The van der Waals surface area contributed by atoms with Gasteiger partial charge in [-0.25, -0.2) is 0 Å². The number of hydrogen-bond acceptors (Lipinski definition) is 4. The lowest BCUT2D eigenvalue weighted by atomic mass is 9.46. The summed E-state index contributed by atoms with van der Waals surface area (Å²) < 4.78 is 5.23. The number of phenolic OH excluding ortho intramolecular Hbond substituents is 2. The minimum atomic E-state index is -0.424. The second kappa shape index (κ2) is 7.89. The zero-order valence-corrected chi connectivity index (χ0v) is 18.9. The number of carbonyl (C=O) groups excluding carboxylic acids is 1. The van der Waals surface area contributed by atoms with Gasteiger partial charge in [-0.15, -0.1) is 0 Å². The van der Waals surface area contributed by atoms with Gasteiger partial charge in [0.15, 0.2) is 0 Å². The minimum Gasteiger partial charge on any atom is -0.507 e. The molecule has 0 bridgehead atoms. The van der Waals surface area contributed by atoms with Crippen molar-refractivity contribution in [1.82, 2.24) is 0 Å². The molecule has 0 amide bonds. The summed E-state index contributed by atoms with van der Waals surface area (Å²) in [6, 6.07) is 8.95. The third-order valence-corrected chi connectivity index (χ3v) is 8.43. The third-order valence-electron chi connectivity index (χ3n) is 8.43. The zero-order valence-electron chi connectivity index (χ0n) is 18.9. The highest BCUT2D eigenvalue weighted by atomic mass is 16.5. The Hall–Kier alpha value is -2.49. The molecule has 2 saturated carbocycles. The molecule has 0 unspecified atom stereocenters. The fourth-order valence-electron chi connectivity index (χ4n) is 6.79. The Labute approximate surface area is 184 Å². The van der Waals surface area contributed by atoms with Gasteiger partial charge in [0.25, 0.3) is 0 Å². The predicted octanol–water partition coefficient (Wildman–Crippen LogP) is 6.14. The van der Waals surface area contributed by atoms with Crippen molar-refractivity contribution >= 4 is 16.7 Å². The van der Waals surface area contributed by atoms with Crippen LogP contribution in [0.4, 0.5) is 0 Å². The fraction of sp³-hybridized carbons (Fsp3) is 0.519. The van der Waals surface area contributed by atoms with E-state index in [0.717, 1.165) is 50.5 Å². The predicted molar refractivity (Wildman–Crippen MR) is 123 cm³/mol. The molecule has 4 heteroatoms. The molecule has 2 aliphatic rings. The van der Waals surface area contributed by atoms with Crippen molar-refractivity contribution in [2.75, 3.05) is 7.11 Å². The van der Waals surface area contributed by atoms with Crippen molar-refractivity contribution in [3.8, 4) is 11.5 Å². The molecule has 4 rings (SSSR count). The molecule has 0 saturated heterocycles. The number of aromatic hydroxyl groups is 2. The molecule has 0 heterocycles. The van der Waals surface area contributed by atoms with E-state index in [9.17, 15) is 15.0 Å². The van der Waals surface area contributed by atoms with E-state index in [-0.39, 0.29) is 22.9 Å². The quantitative estimate of drug-likeness (QED) is 0.353. The first-order valence-corrected chi connectivity index (χ1v) is 11.4. The maximum absolute atomic E-state index is 12.7. The number of allylic oxidation sites excluding steroid dienone is 1. The van der Waals surface area contributed by atoms with Crippen LogP contribution in [0.25, 0.3) is 10.8 Å². The molecule has 2 fully saturated rings. The number of methoxy groups -OCH3 is 1. The smallest absolute Gasteiger partial charge is 0.311 e. The van der Waals surface area contributed by atoms with E-state index in [2.05, 4.69) is 20.4 Å². The molecular formula is C27H34O4. The summed E-state index contributed by atoms with van der Waals surface area (Å²) in [4.78, 5) is 12.7. The van der Waals surface area contributed by atoms with E-state index >= 15 is 0 Å². The molecule has 31 heavy (non-hydrogen) atoms. The van der Waals surface area contributed by atoms with Gasteiger partial charge < -0.3 is 14.9 Å². The maximum atomic E-state index is 12.7. The van der Waals surface area contributed by atoms with Crippen molar-refractivity contribution in [3.05, 3.63) is 48.0 Å². The number of ether oxygens (including phenoxy) is 1. The molecular weight excluding hydrogens is 388 g/mol. The minimum absolute atomic E-state index is 0.0355. The van der Waals surface area contributed by atoms with Crippen LogP contribution in [0.3, 0.4) is 0 Å². The lowest BCUT2D eigenvalue weighted by molar-refractivity contribution is -0.168. The van der Waals surface area contributed by atoms with Crippen LogP contribution in [0.2, 0.25) is 0 Å². The lowest BCUT2D eigenvalue weighted by Crippen LogP contribution is -2.53. The van der Waals surface area contributed by atoms with E-state index in [1.54, 1.807) is 0 Å². The Kier molecular flexibility index (Phi) is 5.53. The molecule has 2 N–H and O–H groups in total. The van der Waals surface area contributed by atoms with Crippen LogP contribution in [0.5, 0.6) is 11.5 Å². The highest BCUT2D eigenvalue weighted by Crippen LogP contribution is 2.62. The number of benzene rings is 2. The van der Waals surface area contributed by atoms with Crippen LogP contribution in [0.1, 0.15) is 57.9 Å².